The van der Waals surface area contributed by atoms with E-state index in [1.54, 1.807) is 12.1 Å². The Morgan fingerprint density at radius 1 is 1.03 bits per heavy atom. The molecule has 0 unspecified atom stereocenters. The number of rotatable bonds is 6. The normalized spacial score (nSPS) is 15.4. The number of carbonyl (C=O) groups excluding carboxylic acids is 1. The second-order valence-corrected chi connectivity index (χ2v) is 9.31. The summed E-state index contributed by atoms with van der Waals surface area (Å²) >= 11 is 0. The lowest BCUT2D eigenvalue weighted by atomic mass is 10.0. The van der Waals surface area contributed by atoms with Crippen LogP contribution in [0.1, 0.15) is 25.3 Å². The number of sulfonamides is 1. The SMILES string of the molecule is CC(C)c1ccc(S(=O)(=O)N2CCN(C(=O)COc3ccc(F)cc3F)CC2)cc1. The Bertz CT molecular complexity index is 1000. The third kappa shape index (κ3) is 4.96. The maximum absolute atomic E-state index is 13.6. The summed E-state index contributed by atoms with van der Waals surface area (Å²) in [6.07, 6.45) is 0. The molecule has 0 aliphatic carbocycles. The molecule has 1 aliphatic heterocycles. The highest BCUT2D eigenvalue weighted by atomic mass is 32.2. The van der Waals surface area contributed by atoms with Gasteiger partial charge in [-0.05, 0) is 35.7 Å². The third-order valence-corrected chi connectivity index (χ3v) is 6.93. The van der Waals surface area contributed by atoms with E-state index in [4.69, 9.17) is 4.74 Å². The fourth-order valence-corrected chi connectivity index (χ4v) is 4.60. The van der Waals surface area contributed by atoms with Crippen LogP contribution in [0, 0.1) is 11.6 Å². The first-order chi connectivity index (χ1) is 14.2. The predicted molar refractivity (Wildman–Crippen MR) is 108 cm³/mol. The molecule has 1 heterocycles. The second-order valence-electron chi connectivity index (χ2n) is 7.37. The molecule has 9 heteroatoms. The van der Waals surface area contributed by atoms with Crippen LogP contribution in [0.3, 0.4) is 0 Å². The van der Waals surface area contributed by atoms with Gasteiger partial charge in [0.05, 0.1) is 4.90 Å². The fourth-order valence-electron chi connectivity index (χ4n) is 3.17. The molecule has 0 bridgehead atoms. The van der Waals surface area contributed by atoms with E-state index in [1.807, 2.05) is 26.0 Å². The van der Waals surface area contributed by atoms with Gasteiger partial charge in [-0.2, -0.15) is 4.31 Å². The topological polar surface area (TPSA) is 66.9 Å². The second kappa shape index (κ2) is 9.09. The van der Waals surface area contributed by atoms with E-state index in [1.165, 1.54) is 9.21 Å². The van der Waals surface area contributed by atoms with Crippen LogP contribution in [0.2, 0.25) is 0 Å². The van der Waals surface area contributed by atoms with Crippen molar-refractivity contribution < 1.29 is 26.7 Å². The number of nitrogens with zero attached hydrogens (tertiary/aromatic N) is 2. The number of hydrogen-bond acceptors (Lipinski definition) is 4. The molecule has 0 radical (unpaired) electrons. The summed E-state index contributed by atoms with van der Waals surface area (Å²) in [7, 11) is -3.64. The van der Waals surface area contributed by atoms with E-state index in [2.05, 4.69) is 0 Å². The van der Waals surface area contributed by atoms with Crippen LogP contribution < -0.4 is 4.74 Å². The van der Waals surface area contributed by atoms with Crippen molar-refractivity contribution in [1.29, 1.82) is 0 Å². The number of benzene rings is 2. The summed E-state index contributed by atoms with van der Waals surface area (Å²) in [5, 5.41) is 0. The van der Waals surface area contributed by atoms with Crippen LogP contribution in [0.4, 0.5) is 8.78 Å². The molecular formula is C21H24F2N2O4S. The van der Waals surface area contributed by atoms with Gasteiger partial charge >= 0.3 is 0 Å². The molecule has 1 amide bonds. The molecule has 0 atom stereocenters. The average Bonchev–Trinajstić information content (AvgIpc) is 2.73. The van der Waals surface area contributed by atoms with Crippen molar-refractivity contribution in [3.63, 3.8) is 0 Å². The maximum atomic E-state index is 13.6. The zero-order valence-corrected chi connectivity index (χ0v) is 17.7. The van der Waals surface area contributed by atoms with Gasteiger partial charge in [-0.25, -0.2) is 17.2 Å². The van der Waals surface area contributed by atoms with Gasteiger partial charge in [-0.1, -0.05) is 26.0 Å². The summed E-state index contributed by atoms with van der Waals surface area (Å²) < 4.78 is 58.7. The lowest BCUT2D eigenvalue weighted by Gasteiger charge is -2.34. The number of piperazine rings is 1. The van der Waals surface area contributed by atoms with Crippen molar-refractivity contribution in [1.82, 2.24) is 9.21 Å². The average molecular weight is 438 g/mol. The number of ether oxygens (including phenoxy) is 1. The first-order valence-corrected chi connectivity index (χ1v) is 11.1. The summed E-state index contributed by atoms with van der Waals surface area (Å²) in [4.78, 5) is 14.0. The van der Waals surface area contributed by atoms with E-state index >= 15 is 0 Å². The van der Waals surface area contributed by atoms with Gasteiger partial charge in [0, 0.05) is 32.2 Å². The molecular weight excluding hydrogens is 414 g/mol. The Balaban J connectivity index is 1.56. The van der Waals surface area contributed by atoms with Gasteiger partial charge in [-0.3, -0.25) is 4.79 Å². The van der Waals surface area contributed by atoms with Crippen molar-refractivity contribution in [3.8, 4) is 5.75 Å². The van der Waals surface area contributed by atoms with Gasteiger partial charge in [0.25, 0.3) is 5.91 Å². The summed E-state index contributed by atoms with van der Waals surface area (Å²) in [5.74, 6) is -1.92. The minimum atomic E-state index is -3.64. The van der Waals surface area contributed by atoms with Gasteiger partial charge < -0.3 is 9.64 Å². The van der Waals surface area contributed by atoms with E-state index in [9.17, 15) is 22.0 Å². The Morgan fingerprint density at radius 2 is 1.67 bits per heavy atom. The predicted octanol–water partition coefficient (Wildman–Crippen LogP) is 3.00. The van der Waals surface area contributed by atoms with Crippen LogP contribution in [-0.2, 0) is 14.8 Å². The molecule has 0 aromatic heterocycles. The highest BCUT2D eigenvalue weighted by molar-refractivity contribution is 7.89. The van der Waals surface area contributed by atoms with Gasteiger partial charge in [0.1, 0.15) is 5.82 Å². The Labute approximate surface area is 175 Å². The van der Waals surface area contributed by atoms with Gasteiger partial charge in [0.2, 0.25) is 10.0 Å². The molecule has 1 aliphatic rings. The highest BCUT2D eigenvalue weighted by Crippen LogP contribution is 2.22. The molecule has 0 N–H and O–H groups in total. The van der Waals surface area contributed by atoms with E-state index in [0.717, 1.165) is 17.7 Å². The van der Waals surface area contributed by atoms with E-state index in [-0.39, 0.29) is 36.8 Å². The van der Waals surface area contributed by atoms with Crippen LogP contribution in [0.5, 0.6) is 5.75 Å². The Kier molecular flexibility index (Phi) is 6.72. The van der Waals surface area contributed by atoms with Gasteiger partial charge in [-0.15, -0.1) is 0 Å². The quantitative estimate of drug-likeness (QED) is 0.696. The molecule has 30 heavy (non-hydrogen) atoms. The van der Waals surface area contributed by atoms with Gasteiger partial charge in [0.15, 0.2) is 18.2 Å². The molecule has 0 saturated carbocycles. The number of amides is 1. The number of carbonyl (C=O) groups is 1. The minimum absolute atomic E-state index is 0.158. The molecule has 6 nitrogen and oxygen atoms in total. The third-order valence-electron chi connectivity index (χ3n) is 5.02. The molecule has 1 saturated heterocycles. The largest absolute Gasteiger partial charge is 0.481 e. The summed E-state index contributed by atoms with van der Waals surface area (Å²) in [5.41, 5.74) is 1.06. The van der Waals surface area contributed by atoms with E-state index < -0.39 is 34.2 Å². The number of hydrogen-bond donors (Lipinski definition) is 0. The van der Waals surface area contributed by atoms with Crippen molar-refractivity contribution in [2.45, 2.75) is 24.7 Å². The lowest BCUT2D eigenvalue weighted by molar-refractivity contribution is -0.134. The Hall–Kier alpha value is -2.52. The van der Waals surface area contributed by atoms with Crippen molar-refractivity contribution in [2.75, 3.05) is 32.8 Å². The summed E-state index contributed by atoms with van der Waals surface area (Å²) in [6.45, 7) is 4.39. The molecule has 0 spiro atoms. The fraction of sp³-hybridized carbons (Fsp3) is 0.381. The van der Waals surface area contributed by atoms with E-state index in [0.29, 0.717) is 12.0 Å². The van der Waals surface area contributed by atoms with Crippen LogP contribution in [0.25, 0.3) is 0 Å². The standard InChI is InChI=1S/C21H24F2N2O4S/c1-15(2)16-3-6-18(7-4-16)30(27,28)25-11-9-24(10-12-25)21(26)14-29-20-8-5-17(22)13-19(20)23/h3-8,13,15H,9-12,14H2,1-2H3. The Morgan fingerprint density at radius 3 is 2.23 bits per heavy atom. The monoisotopic (exact) mass is 438 g/mol. The van der Waals surface area contributed by atoms with Crippen molar-refractivity contribution in [3.05, 3.63) is 59.7 Å². The first kappa shape index (κ1) is 22.2. The molecule has 3 rings (SSSR count). The zero-order chi connectivity index (χ0) is 21.9. The molecule has 1 fully saturated rings. The molecule has 162 valence electrons. The van der Waals surface area contributed by atoms with Crippen LogP contribution >= 0.6 is 0 Å². The molecule has 2 aromatic rings. The van der Waals surface area contributed by atoms with Crippen LogP contribution in [-0.4, -0.2) is 56.3 Å². The lowest BCUT2D eigenvalue weighted by Crippen LogP contribution is -2.51. The maximum Gasteiger partial charge on any atom is 0.260 e. The molecule has 2 aromatic carbocycles. The highest BCUT2D eigenvalue weighted by Gasteiger charge is 2.30. The van der Waals surface area contributed by atoms with Crippen LogP contribution in [0.15, 0.2) is 47.4 Å². The first-order valence-electron chi connectivity index (χ1n) is 9.64. The summed E-state index contributed by atoms with van der Waals surface area (Å²) in [6, 6.07) is 9.66. The zero-order valence-electron chi connectivity index (χ0n) is 16.8. The smallest absolute Gasteiger partial charge is 0.260 e. The number of halogens is 2. The van der Waals surface area contributed by atoms with Crippen molar-refractivity contribution >= 4 is 15.9 Å². The minimum Gasteiger partial charge on any atom is -0.481 e. The van der Waals surface area contributed by atoms with Crippen molar-refractivity contribution in [2.24, 2.45) is 0 Å².